The van der Waals surface area contributed by atoms with E-state index in [0.717, 1.165) is 21.1 Å². The Morgan fingerprint density at radius 3 is 2.80 bits per heavy atom. The van der Waals surface area contributed by atoms with Gasteiger partial charge in [0.05, 0.1) is 48.5 Å². The number of fused-ring (bicyclic) bond motifs is 1. The molecular formula is C22H26N4O2S2. The van der Waals surface area contributed by atoms with Crippen LogP contribution in [0.3, 0.4) is 0 Å². The number of hydrogen-bond acceptors (Lipinski definition) is 7. The summed E-state index contributed by atoms with van der Waals surface area (Å²) in [4.78, 5) is 18.4. The van der Waals surface area contributed by atoms with Crippen molar-refractivity contribution in [3.8, 4) is 6.07 Å². The third-order valence-electron chi connectivity index (χ3n) is 4.84. The second-order valence-electron chi connectivity index (χ2n) is 7.05. The lowest BCUT2D eigenvalue weighted by Gasteiger charge is -2.26. The number of thioether (sulfide) groups is 2. The van der Waals surface area contributed by atoms with E-state index in [0.29, 0.717) is 41.9 Å². The summed E-state index contributed by atoms with van der Waals surface area (Å²) in [6.45, 7) is 9.93. The molecular weight excluding hydrogens is 416 g/mol. The predicted molar refractivity (Wildman–Crippen MR) is 123 cm³/mol. The molecule has 1 fully saturated rings. The SMILES string of the molecule is CC.Cc1ccc(CSC2=NC(C)c3cnn(CC4COC4)c(=O)c3S2)c(C#N)c1. The zero-order chi connectivity index (χ0) is 21.7. The zero-order valence-electron chi connectivity index (χ0n) is 17.7. The van der Waals surface area contributed by atoms with Crippen LogP contribution in [0.15, 0.2) is 39.1 Å². The van der Waals surface area contributed by atoms with Crippen molar-refractivity contribution in [3.63, 3.8) is 0 Å². The normalized spacial score (nSPS) is 17.7. The molecule has 0 N–H and O–H groups in total. The quantitative estimate of drug-likeness (QED) is 0.691. The summed E-state index contributed by atoms with van der Waals surface area (Å²) in [6, 6.07) is 8.06. The highest BCUT2D eigenvalue weighted by molar-refractivity contribution is 8.38. The molecule has 1 aromatic carbocycles. The first-order valence-electron chi connectivity index (χ1n) is 10.1. The summed E-state index contributed by atoms with van der Waals surface area (Å²) in [5.74, 6) is 1.01. The lowest BCUT2D eigenvalue weighted by molar-refractivity contribution is -0.0415. The molecule has 158 valence electrons. The molecule has 0 spiro atoms. The predicted octanol–water partition coefficient (Wildman–Crippen LogP) is 4.55. The Morgan fingerprint density at radius 1 is 1.37 bits per heavy atom. The van der Waals surface area contributed by atoms with Crippen LogP contribution in [0.5, 0.6) is 0 Å². The van der Waals surface area contributed by atoms with Crippen LogP contribution in [0.25, 0.3) is 0 Å². The van der Waals surface area contributed by atoms with Gasteiger partial charge in [0.15, 0.2) is 0 Å². The number of ether oxygens (including phenoxy) is 1. The van der Waals surface area contributed by atoms with Gasteiger partial charge in [-0.2, -0.15) is 10.4 Å². The zero-order valence-corrected chi connectivity index (χ0v) is 19.3. The van der Waals surface area contributed by atoms with Crippen molar-refractivity contribution in [1.29, 1.82) is 5.26 Å². The molecule has 1 aromatic heterocycles. The molecule has 0 amide bonds. The molecule has 2 aromatic rings. The van der Waals surface area contributed by atoms with Gasteiger partial charge in [0.25, 0.3) is 5.56 Å². The van der Waals surface area contributed by atoms with Crippen molar-refractivity contribution in [2.75, 3.05) is 13.2 Å². The summed E-state index contributed by atoms with van der Waals surface area (Å²) in [7, 11) is 0. The topological polar surface area (TPSA) is 80.3 Å². The monoisotopic (exact) mass is 442 g/mol. The molecule has 0 radical (unpaired) electrons. The van der Waals surface area contributed by atoms with Crippen LogP contribution in [0.1, 0.15) is 49.1 Å². The minimum absolute atomic E-state index is 0.0534. The minimum atomic E-state index is -0.103. The minimum Gasteiger partial charge on any atom is -0.381 e. The number of nitrogens with zero attached hydrogens (tertiary/aromatic N) is 4. The van der Waals surface area contributed by atoms with Gasteiger partial charge in [0.2, 0.25) is 0 Å². The third kappa shape index (κ3) is 4.97. The Kier molecular flexibility index (Phi) is 7.75. The van der Waals surface area contributed by atoms with Gasteiger partial charge in [-0.25, -0.2) is 4.68 Å². The molecule has 1 unspecified atom stereocenters. The molecule has 2 aliphatic heterocycles. The fraction of sp³-hybridized carbons (Fsp3) is 0.455. The van der Waals surface area contributed by atoms with E-state index in [1.54, 1.807) is 22.6 Å². The van der Waals surface area contributed by atoms with E-state index >= 15 is 0 Å². The van der Waals surface area contributed by atoms with Crippen molar-refractivity contribution in [1.82, 2.24) is 9.78 Å². The van der Waals surface area contributed by atoms with Crippen molar-refractivity contribution < 1.29 is 4.74 Å². The molecule has 8 heteroatoms. The van der Waals surface area contributed by atoms with Gasteiger partial charge >= 0.3 is 0 Å². The highest BCUT2D eigenvalue weighted by atomic mass is 32.2. The summed E-state index contributed by atoms with van der Waals surface area (Å²) < 4.78 is 7.60. The van der Waals surface area contributed by atoms with Crippen LogP contribution in [-0.4, -0.2) is 27.4 Å². The van der Waals surface area contributed by atoms with Gasteiger partial charge < -0.3 is 4.74 Å². The fourth-order valence-corrected chi connectivity index (χ4v) is 5.46. The number of hydrogen-bond donors (Lipinski definition) is 0. The highest BCUT2D eigenvalue weighted by Gasteiger charge is 2.26. The van der Waals surface area contributed by atoms with Crippen LogP contribution in [0.4, 0.5) is 0 Å². The second kappa shape index (κ2) is 10.3. The summed E-state index contributed by atoms with van der Waals surface area (Å²) in [6.07, 6.45) is 1.77. The molecule has 1 saturated heterocycles. The molecule has 0 bridgehead atoms. The van der Waals surface area contributed by atoms with Crippen LogP contribution >= 0.6 is 23.5 Å². The summed E-state index contributed by atoms with van der Waals surface area (Å²) >= 11 is 2.99. The van der Waals surface area contributed by atoms with Crippen molar-refractivity contribution in [2.24, 2.45) is 10.9 Å². The smallest absolute Gasteiger partial charge is 0.281 e. The van der Waals surface area contributed by atoms with Gasteiger partial charge in [-0.1, -0.05) is 49.5 Å². The number of aryl methyl sites for hydroxylation is 1. The van der Waals surface area contributed by atoms with Crippen LogP contribution < -0.4 is 5.56 Å². The first-order valence-corrected chi connectivity index (χ1v) is 11.9. The van der Waals surface area contributed by atoms with E-state index in [4.69, 9.17) is 9.73 Å². The van der Waals surface area contributed by atoms with Gasteiger partial charge in [-0.15, -0.1) is 0 Å². The van der Waals surface area contributed by atoms with E-state index < -0.39 is 0 Å². The van der Waals surface area contributed by atoms with Gasteiger partial charge in [0.1, 0.15) is 4.38 Å². The molecule has 3 heterocycles. The average Bonchev–Trinajstić information content (AvgIpc) is 2.73. The first-order chi connectivity index (χ1) is 14.5. The van der Waals surface area contributed by atoms with E-state index in [2.05, 4.69) is 11.2 Å². The molecule has 1 atom stereocenters. The van der Waals surface area contributed by atoms with Gasteiger partial charge in [0, 0.05) is 17.2 Å². The van der Waals surface area contributed by atoms with Crippen molar-refractivity contribution >= 4 is 27.9 Å². The Morgan fingerprint density at radius 2 is 2.13 bits per heavy atom. The molecule has 2 aliphatic rings. The summed E-state index contributed by atoms with van der Waals surface area (Å²) in [5, 5.41) is 13.7. The largest absolute Gasteiger partial charge is 0.381 e. The number of benzene rings is 1. The lowest BCUT2D eigenvalue weighted by Crippen LogP contribution is -2.37. The standard InChI is InChI=1S/C20H20N4O2S2.C2H6/c1-12-3-4-15(16(5-12)6-21)11-27-20-23-13(2)17-7-22-24(8-14-9-26-10-14)19(25)18(17)28-20;1-2/h3-5,7,13-14H,8-11H2,1-2H3;1-2H3. The Labute approximate surface area is 185 Å². The maximum Gasteiger partial charge on any atom is 0.281 e. The van der Waals surface area contributed by atoms with Gasteiger partial charge in [-0.3, -0.25) is 9.79 Å². The van der Waals surface area contributed by atoms with Crippen LogP contribution in [0, 0.1) is 24.2 Å². The van der Waals surface area contributed by atoms with Crippen LogP contribution in [0.2, 0.25) is 0 Å². The molecule has 0 saturated carbocycles. The van der Waals surface area contributed by atoms with Gasteiger partial charge in [-0.05, 0) is 31.0 Å². The van der Waals surface area contributed by atoms with E-state index in [1.807, 2.05) is 45.9 Å². The molecule has 0 aliphatic carbocycles. The maximum absolute atomic E-state index is 12.9. The number of nitriles is 1. The van der Waals surface area contributed by atoms with Crippen molar-refractivity contribution in [3.05, 3.63) is 57.0 Å². The Hall–Kier alpha value is -2.08. The third-order valence-corrected chi connectivity index (χ3v) is 7.15. The fourth-order valence-electron chi connectivity index (χ4n) is 3.12. The second-order valence-corrected chi connectivity index (χ2v) is 9.28. The number of rotatable bonds is 4. The van der Waals surface area contributed by atoms with Crippen molar-refractivity contribution in [2.45, 2.75) is 50.9 Å². The summed E-state index contributed by atoms with van der Waals surface area (Å²) in [5.41, 5.74) is 3.58. The van der Waals surface area contributed by atoms with Crippen LogP contribution in [-0.2, 0) is 17.0 Å². The maximum atomic E-state index is 12.9. The average molecular weight is 443 g/mol. The number of aromatic nitrogens is 2. The van der Waals surface area contributed by atoms with E-state index in [9.17, 15) is 10.1 Å². The Balaban J connectivity index is 0.00000124. The lowest BCUT2D eigenvalue weighted by atomic mass is 10.1. The highest BCUT2D eigenvalue weighted by Crippen LogP contribution is 2.38. The first kappa shape index (κ1) is 22.6. The molecule has 6 nitrogen and oxygen atoms in total. The molecule has 4 rings (SSSR count). The van der Waals surface area contributed by atoms with E-state index in [1.165, 1.54) is 11.8 Å². The number of aliphatic imine (C=N–C) groups is 1. The van der Waals surface area contributed by atoms with E-state index in [-0.39, 0.29) is 11.6 Å². The Bertz CT molecular complexity index is 1040. The molecule has 30 heavy (non-hydrogen) atoms.